The van der Waals surface area contributed by atoms with Gasteiger partial charge in [0.1, 0.15) is 18.2 Å². The molecule has 0 radical (unpaired) electrons. The number of nitrogens with two attached hydrogens (primary N) is 1. The van der Waals surface area contributed by atoms with Crippen LogP contribution >= 0.6 is 11.6 Å². The highest BCUT2D eigenvalue weighted by molar-refractivity contribution is 6.30. The molecular weight excluding hydrogens is 283 g/mol. The second kappa shape index (κ2) is 6.25. The SMILES string of the molecule is NC(=NO)c1ccc(Cl)cc1OCc1ccccc1F. The summed E-state index contributed by atoms with van der Waals surface area (Å²) in [6.07, 6.45) is 0. The summed E-state index contributed by atoms with van der Waals surface area (Å²) >= 11 is 5.88. The van der Waals surface area contributed by atoms with E-state index < -0.39 is 0 Å². The van der Waals surface area contributed by atoms with Crippen molar-refractivity contribution < 1.29 is 14.3 Å². The third kappa shape index (κ3) is 3.19. The van der Waals surface area contributed by atoms with E-state index in [1.54, 1.807) is 30.3 Å². The van der Waals surface area contributed by atoms with Crippen molar-refractivity contribution in [3.8, 4) is 5.75 Å². The van der Waals surface area contributed by atoms with Crippen LogP contribution in [-0.2, 0) is 6.61 Å². The lowest BCUT2D eigenvalue weighted by molar-refractivity contribution is 0.297. The van der Waals surface area contributed by atoms with Gasteiger partial charge >= 0.3 is 0 Å². The van der Waals surface area contributed by atoms with E-state index in [2.05, 4.69) is 5.16 Å². The molecule has 0 atom stereocenters. The fraction of sp³-hybridized carbons (Fsp3) is 0.0714. The molecule has 3 N–H and O–H groups in total. The van der Waals surface area contributed by atoms with Crippen LogP contribution in [0.1, 0.15) is 11.1 Å². The van der Waals surface area contributed by atoms with Crippen LogP contribution in [0.15, 0.2) is 47.6 Å². The van der Waals surface area contributed by atoms with E-state index in [9.17, 15) is 4.39 Å². The number of oxime groups is 1. The molecular formula is C14H12ClFN2O2. The summed E-state index contributed by atoms with van der Waals surface area (Å²) in [4.78, 5) is 0. The van der Waals surface area contributed by atoms with Gasteiger partial charge in [0.15, 0.2) is 5.84 Å². The standard InChI is InChI=1S/C14H12ClFN2O2/c15-10-5-6-11(14(17)18-19)13(7-10)20-8-9-3-1-2-4-12(9)16/h1-7,19H,8H2,(H2,17,18). The van der Waals surface area contributed by atoms with Crippen molar-refractivity contribution in [3.63, 3.8) is 0 Å². The van der Waals surface area contributed by atoms with Gasteiger partial charge in [-0.25, -0.2) is 4.39 Å². The molecule has 0 aromatic heterocycles. The van der Waals surface area contributed by atoms with Gasteiger partial charge in [-0.2, -0.15) is 0 Å². The van der Waals surface area contributed by atoms with Crippen molar-refractivity contribution in [3.05, 3.63) is 64.4 Å². The Hall–Kier alpha value is -2.27. The third-order valence-electron chi connectivity index (χ3n) is 2.67. The van der Waals surface area contributed by atoms with Gasteiger partial charge in [0.2, 0.25) is 0 Å². The van der Waals surface area contributed by atoms with E-state index in [0.29, 0.717) is 21.9 Å². The van der Waals surface area contributed by atoms with E-state index in [1.165, 1.54) is 12.1 Å². The minimum absolute atomic E-state index is 0.0126. The van der Waals surface area contributed by atoms with Crippen molar-refractivity contribution >= 4 is 17.4 Å². The smallest absolute Gasteiger partial charge is 0.173 e. The highest BCUT2D eigenvalue weighted by Crippen LogP contribution is 2.24. The molecule has 0 fully saturated rings. The molecule has 4 nitrogen and oxygen atoms in total. The van der Waals surface area contributed by atoms with Crippen molar-refractivity contribution in [1.29, 1.82) is 0 Å². The number of rotatable bonds is 4. The predicted octanol–water partition coefficient (Wildman–Crippen LogP) is 3.15. The Kier molecular flexibility index (Phi) is 4.42. The number of ether oxygens (including phenoxy) is 1. The molecule has 0 spiro atoms. The van der Waals surface area contributed by atoms with Crippen molar-refractivity contribution in [2.24, 2.45) is 10.9 Å². The second-order valence-electron chi connectivity index (χ2n) is 4.01. The molecule has 0 aliphatic rings. The zero-order valence-corrected chi connectivity index (χ0v) is 11.1. The van der Waals surface area contributed by atoms with Crippen LogP contribution in [0.2, 0.25) is 5.02 Å². The van der Waals surface area contributed by atoms with Crippen LogP contribution in [0.4, 0.5) is 4.39 Å². The molecule has 0 aliphatic heterocycles. The summed E-state index contributed by atoms with van der Waals surface area (Å²) in [7, 11) is 0. The van der Waals surface area contributed by atoms with E-state index >= 15 is 0 Å². The van der Waals surface area contributed by atoms with Gasteiger partial charge < -0.3 is 15.7 Å². The predicted molar refractivity (Wildman–Crippen MR) is 74.7 cm³/mol. The fourth-order valence-corrected chi connectivity index (χ4v) is 1.81. The van der Waals surface area contributed by atoms with Crippen LogP contribution in [0.3, 0.4) is 0 Å². The zero-order chi connectivity index (χ0) is 14.5. The first-order valence-electron chi connectivity index (χ1n) is 5.75. The first-order chi connectivity index (χ1) is 9.61. The lowest BCUT2D eigenvalue weighted by atomic mass is 10.2. The van der Waals surface area contributed by atoms with E-state index in [4.69, 9.17) is 27.3 Å². The number of halogens is 2. The first kappa shape index (κ1) is 14.1. The number of amidine groups is 1. The van der Waals surface area contributed by atoms with Crippen LogP contribution in [0.5, 0.6) is 5.75 Å². The maximum absolute atomic E-state index is 13.5. The van der Waals surface area contributed by atoms with Gasteiger partial charge in [0.25, 0.3) is 0 Å². The average Bonchev–Trinajstić information content (AvgIpc) is 2.46. The highest BCUT2D eigenvalue weighted by Gasteiger charge is 2.10. The molecule has 0 heterocycles. The van der Waals surface area contributed by atoms with E-state index in [-0.39, 0.29) is 18.3 Å². The summed E-state index contributed by atoms with van der Waals surface area (Å²) in [6, 6.07) is 10.9. The summed E-state index contributed by atoms with van der Waals surface area (Å²) in [5.74, 6) is -0.152. The largest absolute Gasteiger partial charge is 0.488 e. The summed E-state index contributed by atoms with van der Waals surface area (Å²) in [5, 5.41) is 12.1. The van der Waals surface area contributed by atoms with E-state index in [0.717, 1.165) is 0 Å². The molecule has 6 heteroatoms. The molecule has 0 aliphatic carbocycles. The van der Waals surface area contributed by atoms with Crippen molar-refractivity contribution in [2.45, 2.75) is 6.61 Å². The number of nitrogens with zero attached hydrogens (tertiary/aromatic N) is 1. The Morgan fingerprint density at radius 2 is 2.05 bits per heavy atom. The molecule has 0 amide bonds. The summed E-state index contributed by atoms with van der Waals surface area (Å²) < 4.78 is 19.0. The van der Waals surface area contributed by atoms with Gasteiger partial charge in [-0.05, 0) is 24.3 Å². The van der Waals surface area contributed by atoms with Gasteiger partial charge in [0, 0.05) is 10.6 Å². The topological polar surface area (TPSA) is 67.8 Å². The molecule has 0 unspecified atom stereocenters. The van der Waals surface area contributed by atoms with Crippen molar-refractivity contribution in [2.75, 3.05) is 0 Å². The maximum atomic E-state index is 13.5. The molecule has 0 bridgehead atoms. The quantitative estimate of drug-likeness (QED) is 0.394. The van der Waals surface area contributed by atoms with Crippen LogP contribution in [0, 0.1) is 5.82 Å². The van der Waals surface area contributed by atoms with Crippen LogP contribution < -0.4 is 10.5 Å². The Balaban J connectivity index is 2.25. The Morgan fingerprint density at radius 3 is 2.75 bits per heavy atom. The average molecular weight is 295 g/mol. The number of hydrogen-bond acceptors (Lipinski definition) is 3. The Morgan fingerprint density at radius 1 is 1.30 bits per heavy atom. The second-order valence-corrected chi connectivity index (χ2v) is 4.44. The van der Waals surface area contributed by atoms with Crippen molar-refractivity contribution in [1.82, 2.24) is 0 Å². The van der Waals surface area contributed by atoms with Gasteiger partial charge in [-0.1, -0.05) is 35.0 Å². The summed E-state index contributed by atoms with van der Waals surface area (Å²) in [5.41, 5.74) is 6.33. The maximum Gasteiger partial charge on any atom is 0.173 e. The Bertz CT molecular complexity index is 647. The van der Waals surface area contributed by atoms with Gasteiger partial charge in [-0.15, -0.1) is 0 Å². The summed E-state index contributed by atoms with van der Waals surface area (Å²) in [6.45, 7) is 0.0126. The number of benzene rings is 2. The fourth-order valence-electron chi connectivity index (χ4n) is 1.65. The number of hydrogen-bond donors (Lipinski definition) is 2. The van der Waals surface area contributed by atoms with E-state index in [1.807, 2.05) is 0 Å². The van der Waals surface area contributed by atoms with Gasteiger partial charge in [-0.3, -0.25) is 0 Å². The molecule has 2 aromatic carbocycles. The minimum Gasteiger partial charge on any atom is -0.488 e. The molecule has 2 rings (SSSR count). The lowest BCUT2D eigenvalue weighted by Gasteiger charge is -2.11. The molecule has 104 valence electrons. The highest BCUT2D eigenvalue weighted by atomic mass is 35.5. The molecule has 2 aromatic rings. The molecule has 0 saturated heterocycles. The molecule has 0 saturated carbocycles. The monoisotopic (exact) mass is 294 g/mol. The normalized spacial score (nSPS) is 11.4. The van der Waals surface area contributed by atoms with Crippen LogP contribution in [-0.4, -0.2) is 11.0 Å². The van der Waals surface area contributed by atoms with Crippen LogP contribution in [0.25, 0.3) is 0 Å². The lowest BCUT2D eigenvalue weighted by Crippen LogP contribution is -2.15. The minimum atomic E-state index is -0.361. The zero-order valence-electron chi connectivity index (χ0n) is 10.4. The third-order valence-corrected chi connectivity index (χ3v) is 2.90. The molecule has 20 heavy (non-hydrogen) atoms. The first-order valence-corrected chi connectivity index (χ1v) is 6.13. The van der Waals surface area contributed by atoms with Gasteiger partial charge in [0.05, 0.1) is 5.56 Å². The Labute approximate surface area is 120 Å².